The van der Waals surface area contributed by atoms with Crippen LogP contribution >= 0.6 is 0 Å². The molecule has 134 valence electrons. The van der Waals surface area contributed by atoms with Gasteiger partial charge in [-0.25, -0.2) is 0 Å². The first kappa shape index (κ1) is 17.9. The first-order chi connectivity index (χ1) is 12.1. The number of aromatic nitrogens is 1. The van der Waals surface area contributed by atoms with Crippen molar-refractivity contribution in [2.75, 3.05) is 6.54 Å². The Hall–Kier alpha value is -1.87. The SMILES string of the molecule is Cc1ccc(CNCC(=O)c2cc(C)n(C3CCCCC3)c2C)cc1. The summed E-state index contributed by atoms with van der Waals surface area (Å²) in [4.78, 5) is 12.7. The standard InChI is InChI=1S/C22H30N2O/c1-16-9-11-19(12-10-16)14-23-15-22(25)21-13-17(2)24(18(21)3)20-7-5-4-6-8-20/h9-13,20,23H,4-8,14-15H2,1-3H3. The number of nitrogens with zero attached hydrogens (tertiary/aromatic N) is 1. The third kappa shape index (κ3) is 4.21. The third-order valence-corrected chi connectivity index (χ3v) is 5.46. The summed E-state index contributed by atoms with van der Waals surface area (Å²) in [5.41, 5.74) is 5.73. The van der Waals surface area contributed by atoms with Crippen LogP contribution in [0.3, 0.4) is 0 Å². The Morgan fingerprint density at radius 1 is 1.08 bits per heavy atom. The van der Waals surface area contributed by atoms with Crippen molar-refractivity contribution in [3.8, 4) is 0 Å². The fourth-order valence-electron chi connectivity index (χ4n) is 4.08. The predicted molar refractivity (Wildman–Crippen MR) is 103 cm³/mol. The monoisotopic (exact) mass is 338 g/mol. The van der Waals surface area contributed by atoms with E-state index in [9.17, 15) is 4.79 Å². The molecule has 0 aliphatic heterocycles. The number of hydrogen-bond acceptors (Lipinski definition) is 2. The Labute approximate surface area is 151 Å². The highest BCUT2D eigenvalue weighted by Crippen LogP contribution is 2.32. The number of Topliss-reactive ketones (excluding diaryl/α,β-unsaturated/α-hetero) is 1. The summed E-state index contributed by atoms with van der Waals surface area (Å²) in [7, 11) is 0. The number of benzene rings is 1. The molecule has 1 heterocycles. The van der Waals surface area contributed by atoms with Crippen molar-refractivity contribution >= 4 is 5.78 Å². The molecule has 0 atom stereocenters. The molecule has 2 aromatic rings. The molecule has 0 spiro atoms. The maximum absolute atomic E-state index is 12.7. The third-order valence-electron chi connectivity index (χ3n) is 5.46. The topological polar surface area (TPSA) is 34.0 Å². The molecule has 1 aromatic carbocycles. The first-order valence-corrected chi connectivity index (χ1v) is 9.54. The van der Waals surface area contributed by atoms with Crippen LogP contribution in [0.2, 0.25) is 0 Å². The van der Waals surface area contributed by atoms with Gasteiger partial charge in [-0.3, -0.25) is 4.79 Å². The molecule has 1 aromatic heterocycles. The number of rotatable bonds is 6. The predicted octanol–water partition coefficient (Wildman–Crippen LogP) is 4.89. The van der Waals surface area contributed by atoms with Gasteiger partial charge in [-0.05, 0) is 45.2 Å². The quantitative estimate of drug-likeness (QED) is 0.761. The zero-order chi connectivity index (χ0) is 17.8. The van der Waals surface area contributed by atoms with Crippen LogP contribution in [0, 0.1) is 20.8 Å². The lowest BCUT2D eigenvalue weighted by Gasteiger charge is -2.26. The molecule has 0 amide bonds. The molecule has 0 radical (unpaired) electrons. The van der Waals surface area contributed by atoms with Crippen LogP contribution < -0.4 is 5.32 Å². The molecule has 1 aliphatic rings. The zero-order valence-electron chi connectivity index (χ0n) is 15.8. The second-order valence-electron chi connectivity index (χ2n) is 7.46. The fraction of sp³-hybridized carbons (Fsp3) is 0.500. The molecule has 3 heteroatoms. The summed E-state index contributed by atoms with van der Waals surface area (Å²) < 4.78 is 2.41. The van der Waals surface area contributed by atoms with Crippen LogP contribution in [0.15, 0.2) is 30.3 Å². The van der Waals surface area contributed by atoms with Crippen LogP contribution in [-0.2, 0) is 6.54 Å². The van der Waals surface area contributed by atoms with E-state index in [1.807, 2.05) is 0 Å². The van der Waals surface area contributed by atoms with Gasteiger partial charge in [0, 0.05) is 29.5 Å². The molecular weight excluding hydrogens is 308 g/mol. The number of carbonyl (C=O) groups is 1. The number of carbonyl (C=O) groups excluding carboxylic acids is 1. The molecule has 25 heavy (non-hydrogen) atoms. The minimum absolute atomic E-state index is 0.197. The molecule has 1 fully saturated rings. The Bertz CT molecular complexity index is 721. The van der Waals surface area contributed by atoms with Crippen molar-refractivity contribution in [2.45, 2.75) is 65.5 Å². The van der Waals surface area contributed by atoms with Gasteiger partial charge >= 0.3 is 0 Å². The normalized spacial score (nSPS) is 15.5. The largest absolute Gasteiger partial charge is 0.345 e. The average molecular weight is 338 g/mol. The van der Waals surface area contributed by atoms with Crippen LogP contribution in [0.4, 0.5) is 0 Å². The highest BCUT2D eigenvalue weighted by molar-refractivity contribution is 5.99. The Kier molecular flexibility index (Phi) is 5.74. The Morgan fingerprint density at radius 2 is 1.76 bits per heavy atom. The van der Waals surface area contributed by atoms with E-state index in [-0.39, 0.29) is 5.78 Å². The van der Waals surface area contributed by atoms with E-state index < -0.39 is 0 Å². The van der Waals surface area contributed by atoms with Gasteiger partial charge in [0.2, 0.25) is 0 Å². The van der Waals surface area contributed by atoms with Crippen LogP contribution in [0.25, 0.3) is 0 Å². The van der Waals surface area contributed by atoms with Gasteiger partial charge in [-0.15, -0.1) is 0 Å². The van der Waals surface area contributed by atoms with E-state index in [1.165, 1.54) is 48.9 Å². The Morgan fingerprint density at radius 3 is 2.44 bits per heavy atom. The van der Waals surface area contributed by atoms with E-state index in [2.05, 4.69) is 61.0 Å². The highest BCUT2D eigenvalue weighted by atomic mass is 16.1. The maximum Gasteiger partial charge on any atom is 0.178 e. The number of ketones is 1. The van der Waals surface area contributed by atoms with Crippen molar-refractivity contribution in [3.05, 3.63) is 58.4 Å². The van der Waals surface area contributed by atoms with Gasteiger partial charge in [0.05, 0.1) is 6.54 Å². The van der Waals surface area contributed by atoms with E-state index in [0.29, 0.717) is 12.6 Å². The van der Waals surface area contributed by atoms with Gasteiger partial charge in [-0.1, -0.05) is 49.1 Å². The van der Waals surface area contributed by atoms with Crippen LogP contribution in [0.1, 0.15) is 71.0 Å². The maximum atomic E-state index is 12.7. The van der Waals surface area contributed by atoms with Crippen molar-refractivity contribution < 1.29 is 4.79 Å². The van der Waals surface area contributed by atoms with Crippen LogP contribution in [0.5, 0.6) is 0 Å². The highest BCUT2D eigenvalue weighted by Gasteiger charge is 2.22. The van der Waals surface area contributed by atoms with Gasteiger partial charge in [0.15, 0.2) is 5.78 Å². The van der Waals surface area contributed by atoms with E-state index in [0.717, 1.165) is 17.8 Å². The van der Waals surface area contributed by atoms with E-state index >= 15 is 0 Å². The summed E-state index contributed by atoms with van der Waals surface area (Å²) in [5.74, 6) is 0.197. The molecule has 3 nitrogen and oxygen atoms in total. The zero-order valence-corrected chi connectivity index (χ0v) is 15.8. The first-order valence-electron chi connectivity index (χ1n) is 9.54. The summed E-state index contributed by atoms with van der Waals surface area (Å²) in [5, 5.41) is 3.30. The van der Waals surface area contributed by atoms with Gasteiger partial charge in [0.25, 0.3) is 0 Å². The lowest BCUT2D eigenvalue weighted by Crippen LogP contribution is -2.23. The summed E-state index contributed by atoms with van der Waals surface area (Å²) in [6.07, 6.45) is 6.46. The van der Waals surface area contributed by atoms with Gasteiger partial charge < -0.3 is 9.88 Å². The average Bonchev–Trinajstić information content (AvgIpc) is 2.92. The van der Waals surface area contributed by atoms with Gasteiger partial charge in [0.1, 0.15) is 0 Å². The number of aryl methyl sites for hydroxylation is 2. The molecular formula is C22H30N2O. The Balaban J connectivity index is 1.63. The fourth-order valence-corrected chi connectivity index (χ4v) is 4.08. The molecule has 1 saturated carbocycles. The lowest BCUT2D eigenvalue weighted by atomic mass is 9.95. The summed E-state index contributed by atoms with van der Waals surface area (Å²) in [6, 6.07) is 11.1. The molecule has 1 aliphatic carbocycles. The van der Waals surface area contributed by atoms with Crippen molar-refractivity contribution in [2.24, 2.45) is 0 Å². The minimum Gasteiger partial charge on any atom is -0.345 e. The molecule has 1 N–H and O–H groups in total. The van der Waals surface area contributed by atoms with Crippen LogP contribution in [-0.4, -0.2) is 16.9 Å². The molecule has 0 unspecified atom stereocenters. The molecule has 0 saturated heterocycles. The minimum atomic E-state index is 0.197. The van der Waals surface area contributed by atoms with Crippen molar-refractivity contribution in [1.82, 2.24) is 9.88 Å². The summed E-state index contributed by atoms with van der Waals surface area (Å²) in [6.45, 7) is 7.45. The smallest absolute Gasteiger partial charge is 0.178 e. The van der Waals surface area contributed by atoms with E-state index in [4.69, 9.17) is 0 Å². The van der Waals surface area contributed by atoms with E-state index in [1.54, 1.807) is 0 Å². The second-order valence-corrected chi connectivity index (χ2v) is 7.46. The molecule has 0 bridgehead atoms. The van der Waals surface area contributed by atoms with Crippen molar-refractivity contribution in [3.63, 3.8) is 0 Å². The number of nitrogens with one attached hydrogen (secondary N) is 1. The lowest BCUT2D eigenvalue weighted by molar-refractivity contribution is 0.0990. The van der Waals surface area contributed by atoms with Gasteiger partial charge in [-0.2, -0.15) is 0 Å². The number of hydrogen-bond donors (Lipinski definition) is 1. The van der Waals surface area contributed by atoms with Crippen molar-refractivity contribution in [1.29, 1.82) is 0 Å². The molecule has 3 rings (SSSR count). The summed E-state index contributed by atoms with van der Waals surface area (Å²) >= 11 is 0. The second kappa shape index (κ2) is 8.01.